The summed E-state index contributed by atoms with van der Waals surface area (Å²) in [5, 5.41) is 3.75. The van der Waals surface area contributed by atoms with E-state index in [2.05, 4.69) is 19.6 Å². The first kappa shape index (κ1) is 13.1. The van der Waals surface area contributed by atoms with Gasteiger partial charge in [-0.3, -0.25) is 4.79 Å². The first-order valence-corrected chi connectivity index (χ1v) is 7.47. The molecule has 1 aromatic carbocycles. The molecule has 2 aromatic rings. The van der Waals surface area contributed by atoms with Crippen molar-refractivity contribution in [3.8, 4) is 11.4 Å². The van der Waals surface area contributed by atoms with E-state index in [0.29, 0.717) is 6.54 Å². The van der Waals surface area contributed by atoms with Crippen LogP contribution in [0.2, 0.25) is 0 Å². The van der Waals surface area contributed by atoms with Gasteiger partial charge in [0.25, 0.3) is 0 Å². The number of nitrogens with zero attached hydrogens (tertiary/aromatic N) is 3. The van der Waals surface area contributed by atoms with Gasteiger partial charge in [-0.1, -0.05) is 30.3 Å². The number of carbonyl (C=O) groups excluding carboxylic acids is 1. The van der Waals surface area contributed by atoms with Crippen molar-refractivity contribution in [2.45, 2.75) is 6.92 Å². The van der Waals surface area contributed by atoms with Gasteiger partial charge in [-0.2, -0.15) is 9.36 Å². The second-order valence-electron chi connectivity index (χ2n) is 4.76. The smallest absolute Gasteiger partial charge is 0.226 e. The fraction of sp³-hybridized carbons (Fsp3) is 0.357. The summed E-state index contributed by atoms with van der Waals surface area (Å²) in [5.74, 6) is 0.975. The molecule has 1 N–H and O–H groups in total. The lowest BCUT2D eigenvalue weighted by Crippen LogP contribution is -2.53. The molecule has 6 heteroatoms. The van der Waals surface area contributed by atoms with Gasteiger partial charge in [-0.25, -0.2) is 0 Å². The zero-order valence-electron chi connectivity index (χ0n) is 11.2. The zero-order chi connectivity index (χ0) is 13.9. The topological polar surface area (TPSA) is 58.1 Å². The van der Waals surface area contributed by atoms with Crippen LogP contribution < -0.4 is 10.2 Å². The summed E-state index contributed by atoms with van der Waals surface area (Å²) < 4.78 is 4.38. The highest BCUT2D eigenvalue weighted by Crippen LogP contribution is 2.29. The minimum atomic E-state index is 0.0824. The Labute approximate surface area is 121 Å². The Kier molecular flexibility index (Phi) is 3.64. The predicted octanol–water partition coefficient (Wildman–Crippen LogP) is 1.78. The van der Waals surface area contributed by atoms with Crippen molar-refractivity contribution in [1.29, 1.82) is 0 Å². The Balaban J connectivity index is 1.64. The minimum absolute atomic E-state index is 0.0824. The standard InChI is InChI=1S/C14H16N4OS/c1-2-15-13(19)11-8-18(9-11)14-16-12(17-20-14)10-6-4-3-5-7-10/h3-7,11H,2,8-9H2,1H3,(H,15,19). The lowest BCUT2D eigenvalue weighted by molar-refractivity contribution is -0.125. The van der Waals surface area contributed by atoms with Gasteiger partial charge in [0.05, 0.1) is 5.92 Å². The molecular formula is C14H16N4OS. The van der Waals surface area contributed by atoms with Crippen LogP contribution in [0.15, 0.2) is 30.3 Å². The van der Waals surface area contributed by atoms with E-state index < -0.39 is 0 Å². The van der Waals surface area contributed by atoms with Crippen molar-refractivity contribution in [3.05, 3.63) is 30.3 Å². The molecule has 0 radical (unpaired) electrons. The second kappa shape index (κ2) is 5.58. The molecule has 0 saturated carbocycles. The third-order valence-corrected chi connectivity index (χ3v) is 4.10. The first-order chi connectivity index (χ1) is 9.78. The minimum Gasteiger partial charge on any atom is -0.356 e. The van der Waals surface area contributed by atoms with Crippen LogP contribution in [0.1, 0.15) is 6.92 Å². The molecule has 1 aromatic heterocycles. The van der Waals surface area contributed by atoms with Crippen LogP contribution in [0.25, 0.3) is 11.4 Å². The molecule has 1 saturated heterocycles. The highest BCUT2D eigenvalue weighted by atomic mass is 32.1. The van der Waals surface area contributed by atoms with Gasteiger partial charge in [0.1, 0.15) is 0 Å². The van der Waals surface area contributed by atoms with Crippen molar-refractivity contribution in [2.24, 2.45) is 5.92 Å². The largest absolute Gasteiger partial charge is 0.356 e. The maximum atomic E-state index is 11.7. The van der Waals surface area contributed by atoms with Gasteiger partial charge >= 0.3 is 0 Å². The van der Waals surface area contributed by atoms with Gasteiger partial charge in [0.2, 0.25) is 11.0 Å². The molecule has 20 heavy (non-hydrogen) atoms. The van der Waals surface area contributed by atoms with E-state index in [-0.39, 0.29) is 11.8 Å². The summed E-state index contributed by atoms with van der Waals surface area (Å²) in [7, 11) is 0. The molecule has 0 bridgehead atoms. The van der Waals surface area contributed by atoms with Crippen LogP contribution in [0.4, 0.5) is 5.13 Å². The molecule has 1 aliphatic heterocycles. The number of hydrogen-bond donors (Lipinski definition) is 1. The van der Waals surface area contributed by atoms with Crippen molar-refractivity contribution >= 4 is 22.6 Å². The summed E-state index contributed by atoms with van der Waals surface area (Å²) in [6.45, 7) is 4.09. The summed E-state index contributed by atoms with van der Waals surface area (Å²) in [6.07, 6.45) is 0. The monoisotopic (exact) mass is 288 g/mol. The van der Waals surface area contributed by atoms with E-state index in [1.165, 1.54) is 11.5 Å². The van der Waals surface area contributed by atoms with E-state index in [0.717, 1.165) is 29.6 Å². The van der Waals surface area contributed by atoms with Gasteiger partial charge < -0.3 is 10.2 Å². The van der Waals surface area contributed by atoms with E-state index in [1.54, 1.807) is 0 Å². The summed E-state index contributed by atoms with van der Waals surface area (Å²) >= 11 is 1.39. The normalized spacial score (nSPS) is 14.9. The summed E-state index contributed by atoms with van der Waals surface area (Å²) in [4.78, 5) is 18.3. The molecule has 1 aliphatic rings. The Morgan fingerprint density at radius 3 is 2.85 bits per heavy atom. The number of amides is 1. The van der Waals surface area contributed by atoms with Crippen LogP contribution in [-0.4, -0.2) is 34.9 Å². The Hall–Kier alpha value is -1.95. The molecule has 1 amide bonds. The number of carbonyl (C=O) groups is 1. The molecule has 3 rings (SSSR count). The fourth-order valence-corrected chi connectivity index (χ4v) is 2.87. The molecule has 0 unspecified atom stereocenters. The average molecular weight is 288 g/mol. The quantitative estimate of drug-likeness (QED) is 0.931. The van der Waals surface area contributed by atoms with Crippen LogP contribution in [-0.2, 0) is 4.79 Å². The summed E-state index contributed by atoms with van der Waals surface area (Å²) in [5.41, 5.74) is 1.02. The fourth-order valence-electron chi connectivity index (χ4n) is 2.17. The number of hydrogen-bond acceptors (Lipinski definition) is 5. The van der Waals surface area contributed by atoms with E-state index in [4.69, 9.17) is 0 Å². The van der Waals surface area contributed by atoms with Crippen molar-refractivity contribution in [1.82, 2.24) is 14.7 Å². The lowest BCUT2D eigenvalue weighted by atomic mass is 10.0. The maximum Gasteiger partial charge on any atom is 0.226 e. The Morgan fingerprint density at radius 1 is 1.40 bits per heavy atom. The molecule has 5 nitrogen and oxygen atoms in total. The van der Waals surface area contributed by atoms with Crippen LogP contribution >= 0.6 is 11.5 Å². The van der Waals surface area contributed by atoms with E-state index >= 15 is 0 Å². The molecule has 0 spiro atoms. The number of nitrogens with one attached hydrogen (secondary N) is 1. The zero-order valence-corrected chi connectivity index (χ0v) is 12.1. The Bertz CT molecular complexity index is 592. The van der Waals surface area contributed by atoms with Gasteiger partial charge in [0.15, 0.2) is 5.82 Å². The average Bonchev–Trinajstić information content (AvgIpc) is 2.88. The number of benzene rings is 1. The Morgan fingerprint density at radius 2 is 2.15 bits per heavy atom. The van der Waals surface area contributed by atoms with Gasteiger partial charge in [-0.05, 0) is 6.92 Å². The van der Waals surface area contributed by atoms with Crippen molar-refractivity contribution < 1.29 is 4.79 Å². The van der Waals surface area contributed by atoms with E-state index in [1.807, 2.05) is 37.3 Å². The SMILES string of the molecule is CCNC(=O)C1CN(c2nc(-c3ccccc3)ns2)C1. The van der Waals surface area contributed by atoms with Gasteiger partial charge in [0, 0.05) is 36.7 Å². The predicted molar refractivity (Wildman–Crippen MR) is 79.7 cm³/mol. The van der Waals surface area contributed by atoms with Crippen LogP contribution in [0, 0.1) is 5.92 Å². The molecule has 0 aliphatic carbocycles. The molecule has 2 heterocycles. The summed E-state index contributed by atoms with van der Waals surface area (Å²) in [6, 6.07) is 9.93. The number of anilines is 1. The first-order valence-electron chi connectivity index (χ1n) is 6.69. The highest BCUT2D eigenvalue weighted by molar-refractivity contribution is 7.09. The number of aromatic nitrogens is 2. The third kappa shape index (κ3) is 2.51. The van der Waals surface area contributed by atoms with Crippen LogP contribution in [0.3, 0.4) is 0 Å². The third-order valence-electron chi connectivity index (χ3n) is 3.32. The van der Waals surface area contributed by atoms with Crippen molar-refractivity contribution in [3.63, 3.8) is 0 Å². The lowest BCUT2D eigenvalue weighted by Gasteiger charge is -2.37. The molecule has 104 valence electrons. The van der Waals surface area contributed by atoms with Crippen LogP contribution in [0.5, 0.6) is 0 Å². The highest BCUT2D eigenvalue weighted by Gasteiger charge is 2.34. The van der Waals surface area contributed by atoms with Gasteiger partial charge in [-0.15, -0.1) is 0 Å². The van der Waals surface area contributed by atoms with Crippen molar-refractivity contribution in [2.75, 3.05) is 24.5 Å². The number of rotatable bonds is 4. The second-order valence-corrected chi connectivity index (χ2v) is 5.49. The maximum absolute atomic E-state index is 11.7. The van der Waals surface area contributed by atoms with E-state index in [9.17, 15) is 4.79 Å². The molecule has 0 atom stereocenters. The molecule has 1 fully saturated rings. The molecular weight excluding hydrogens is 272 g/mol.